The average molecular weight is 356 g/mol. The van der Waals surface area contributed by atoms with E-state index in [4.69, 9.17) is 11.6 Å². The molecule has 2 saturated heterocycles. The van der Waals surface area contributed by atoms with Crippen molar-refractivity contribution in [3.63, 3.8) is 0 Å². The number of nitrogens with zero attached hydrogens (tertiary/aromatic N) is 4. The first kappa shape index (κ1) is 17.6. The maximum atomic E-state index is 12.5. The molecular weight excluding hydrogens is 330 g/mol. The van der Waals surface area contributed by atoms with Gasteiger partial charge < -0.3 is 14.9 Å². The lowest BCUT2D eigenvalue weighted by atomic mass is 9.95. The smallest absolute Gasteiger partial charge is 0.242 e. The minimum atomic E-state index is 0.113. The molecule has 2 atom stereocenters. The minimum absolute atomic E-state index is 0.113. The molecule has 0 unspecified atom stereocenters. The van der Waals surface area contributed by atoms with Crippen LogP contribution in [0.15, 0.2) is 0 Å². The molecule has 2 fully saturated rings. The molecule has 1 aromatic heterocycles. The fourth-order valence-electron chi connectivity index (χ4n) is 3.80. The van der Waals surface area contributed by atoms with Gasteiger partial charge >= 0.3 is 0 Å². The lowest BCUT2D eigenvalue weighted by molar-refractivity contribution is -0.130. The highest BCUT2D eigenvalue weighted by atomic mass is 35.5. The SMILES string of the molecule is O=C(CCc1nc(Cl)n[nH]1)N1C[C@@H](CO)[C@@H](CN2CCCCC2)C1. The number of hydrogen-bond donors (Lipinski definition) is 2. The molecule has 0 saturated carbocycles. The number of piperidine rings is 1. The fraction of sp³-hybridized carbons (Fsp3) is 0.812. The highest BCUT2D eigenvalue weighted by molar-refractivity contribution is 6.28. The summed E-state index contributed by atoms with van der Waals surface area (Å²) in [6.07, 6.45) is 4.74. The van der Waals surface area contributed by atoms with Gasteiger partial charge in [0, 0.05) is 45.0 Å². The number of amides is 1. The van der Waals surface area contributed by atoms with Crippen molar-refractivity contribution < 1.29 is 9.90 Å². The van der Waals surface area contributed by atoms with Crippen molar-refractivity contribution >= 4 is 17.5 Å². The summed E-state index contributed by atoms with van der Waals surface area (Å²) in [5, 5.41) is 16.3. The van der Waals surface area contributed by atoms with Crippen LogP contribution in [-0.4, -0.2) is 75.3 Å². The van der Waals surface area contributed by atoms with Crippen LogP contribution in [0.1, 0.15) is 31.5 Å². The van der Waals surface area contributed by atoms with Crippen LogP contribution in [0.4, 0.5) is 0 Å². The molecule has 24 heavy (non-hydrogen) atoms. The molecule has 7 nitrogen and oxygen atoms in total. The van der Waals surface area contributed by atoms with Gasteiger partial charge in [-0.1, -0.05) is 6.42 Å². The molecule has 0 bridgehead atoms. The second-order valence-corrected chi connectivity index (χ2v) is 7.25. The summed E-state index contributed by atoms with van der Waals surface area (Å²) in [4.78, 5) is 20.9. The van der Waals surface area contributed by atoms with Crippen LogP contribution in [0.2, 0.25) is 5.28 Å². The van der Waals surface area contributed by atoms with E-state index < -0.39 is 0 Å². The Bertz CT molecular complexity index is 546. The maximum Gasteiger partial charge on any atom is 0.242 e. The first-order valence-electron chi connectivity index (χ1n) is 8.83. The summed E-state index contributed by atoms with van der Waals surface area (Å²) in [5.41, 5.74) is 0. The number of nitrogens with one attached hydrogen (secondary N) is 1. The number of H-pyrrole nitrogens is 1. The monoisotopic (exact) mass is 355 g/mol. The molecule has 3 rings (SSSR count). The van der Waals surface area contributed by atoms with Crippen molar-refractivity contribution in [3.8, 4) is 0 Å². The van der Waals surface area contributed by atoms with Crippen LogP contribution in [-0.2, 0) is 11.2 Å². The van der Waals surface area contributed by atoms with Gasteiger partial charge in [0.05, 0.1) is 0 Å². The number of likely N-dealkylation sites (tertiary alicyclic amines) is 2. The maximum absolute atomic E-state index is 12.5. The highest BCUT2D eigenvalue weighted by Crippen LogP contribution is 2.26. The number of rotatable bonds is 6. The second-order valence-electron chi connectivity index (χ2n) is 6.91. The topological polar surface area (TPSA) is 85.3 Å². The zero-order chi connectivity index (χ0) is 16.9. The Morgan fingerprint density at radius 1 is 1.25 bits per heavy atom. The average Bonchev–Trinajstić information content (AvgIpc) is 3.19. The summed E-state index contributed by atoms with van der Waals surface area (Å²) < 4.78 is 0. The van der Waals surface area contributed by atoms with Gasteiger partial charge in [-0.05, 0) is 43.5 Å². The quantitative estimate of drug-likeness (QED) is 0.793. The molecular formula is C16H26ClN5O2. The predicted molar refractivity (Wildman–Crippen MR) is 90.7 cm³/mol. The van der Waals surface area contributed by atoms with Gasteiger partial charge in [0.2, 0.25) is 11.2 Å². The van der Waals surface area contributed by atoms with E-state index in [1.165, 1.54) is 19.3 Å². The number of carbonyl (C=O) groups is 1. The van der Waals surface area contributed by atoms with Crippen molar-refractivity contribution in [1.29, 1.82) is 0 Å². The third-order valence-electron chi connectivity index (χ3n) is 5.19. The van der Waals surface area contributed by atoms with E-state index in [2.05, 4.69) is 20.1 Å². The number of aromatic nitrogens is 3. The molecule has 0 radical (unpaired) electrons. The molecule has 2 aliphatic rings. The number of halogens is 1. The molecule has 1 amide bonds. The molecule has 0 spiro atoms. The van der Waals surface area contributed by atoms with E-state index in [-0.39, 0.29) is 23.7 Å². The standard InChI is InChI=1S/C16H26ClN5O2/c17-16-18-14(19-20-16)4-5-15(24)22-9-12(13(10-22)11-23)8-21-6-2-1-3-7-21/h12-13,23H,1-11H2,(H,18,19,20)/t12-,13-/m0/s1. The van der Waals surface area contributed by atoms with Gasteiger partial charge in [-0.3, -0.25) is 9.89 Å². The Labute approximate surface area is 147 Å². The lowest BCUT2D eigenvalue weighted by Crippen LogP contribution is -2.37. The van der Waals surface area contributed by atoms with Crippen LogP contribution >= 0.6 is 11.6 Å². The summed E-state index contributed by atoms with van der Waals surface area (Å²) in [6, 6.07) is 0. The molecule has 8 heteroatoms. The zero-order valence-corrected chi connectivity index (χ0v) is 14.7. The van der Waals surface area contributed by atoms with E-state index >= 15 is 0 Å². The Kier molecular flexibility index (Phi) is 6.08. The molecule has 2 aliphatic heterocycles. The summed E-state index contributed by atoms with van der Waals surface area (Å²) in [5.74, 6) is 1.31. The van der Waals surface area contributed by atoms with Crippen LogP contribution in [0.25, 0.3) is 0 Å². The molecule has 0 aliphatic carbocycles. The van der Waals surface area contributed by atoms with Crippen LogP contribution in [0.5, 0.6) is 0 Å². The summed E-state index contributed by atoms with van der Waals surface area (Å²) >= 11 is 5.67. The van der Waals surface area contributed by atoms with Gasteiger partial charge in [-0.2, -0.15) is 0 Å². The van der Waals surface area contributed by atoms with Crippen molar-refractivity contribution in [2.45, 2.75) is 32.1 Å². The van der Waals surface area contributed by atoms with Gasteiger partial charge in [0.25, 0.3) is 0 Å². The number of aryl methyl sites for hydroxylation is 1. The lowest BCUT2D eigenvalue weighted by Gasteiger charge is -2.30. The van der Waals surface area contributed by atoms with Gasteiger partial charge in [-0.25, -0.2) is 4.98 Å². The van der Waals surface area contributed by atoms with Crippen LogP contribution in [0, 0.1) is 11.8 Å². The third-order valence-corrected chi connectivity index (χ3v) is 5.35. The van der Waals surface area contributed by atoms with E-state index in [0.717, 1.165) is 26.2 Å². The van der Waals surface area contributed by atoms with Crippen LogP contribution < -0.4 is 0 Å². The third kappa shape index (κ3) is 4.46. The van der Waals surface area contributed by atoms with E-state index in [9.17, 15) is 9.90 Å². The molecule has 3 heterocycles. The van der Waals surface area contributed by atoms with Crippen molar-refractivity contribution in [1.82, 2.24) is 25.0 Å². The van der Waals surface area contributed by atoms with E-state index in [0.29, 0.717) is 31.1 Å². The summed E-state index contributed by atoms with van der Waals surface area (Å²) in [7, 11) is 0. The van der Waals surface area contributed by atoms with Crippen molar-refractivity contribution in [2.75, 3.05) is 39.3 Å². The van der Waals surface area contributed by atoms with Crippen molar-refractivity contribution in [3.05, 3.63) is 11.1 Å². The molecule has 134 valence electrons. The zero-order valence-electron chi connectivity index (χ0n) is 14.0. The number of hydrogen-bond acceptors (Lipinski definition) is 5. The summed E-state index contributed by atoms with van der Waals surface area (Å²) in [6.45, 7) is 4.85. The first-order valence-corrected chi connectivity index (χ1v) is 9.21. The Balaban J connectivity index is 1.49. The predicted octanol–water partition coefficient (Wildman–Crippen LogP) is 0.943. The number of aliphatic hydroxyl groups is 1. The van der Waals surface area contributed by atoms with E-state index in [1.807, 2.05) is 4.90 Å². The van der Waals surface area contributed by atoms with Crippen LogP contribution in [0.3, 0.4) is 0 Å². The Hall–Kier alpha value is -1.18. The van der Waals surface area contributed by atoms with Gasteiger partial charge in [0.1, 0.15) is 5.82 Å². The minimum Gasteiger partial charge on any atom is -0.396 e. The number of carbonyl (C=O) groups excluding carboxylic acids is 1. The van der Waals surface area contributed by atoms with Gasteiger partial charge in [0.15, 0.2) is 0 Å². The first-order chi connectivity index (χ1) is 11.7. The molecule has 1 aromatic rings. The largest absolute Gasteiger partial charge is 0.396 e. The Morgan fingerprint density at radius 3 is 2.67 bits per heavy atom. The second kappa shape index (κ2) is 8.27. The fourth-order valence-corrected chi connectivity index (χ4v) is 3.94. The number of aromatic amines is 1. The Morgan fingerprint density at radius 2 is 2.00 bits per heavy atom. The molecule has 2 N–H and O–H groups in total. The highest BCUT2D eigenvalue weighted by Gasteiger charge is 2.35. The molecule has 0 aromatic carbocycles. The van der Waals surface area contributed by atoms with Crippen molar-refractivity contribution in [2.24, 2.45) is 11.8 Å². The van der Waals surface area contributed by atoms with E-state index in [1.54, 1.807) is 0 Å². The number of aliphatic hydroxyl groups excluding tert-OH is 1. The normalized spacial score (nSPS) is 25.3. The van der Waals surface area contributed by atoms with Gasteiger partial charge in [-0.15, -0.1) is 5.10 Å².